The van der Waals surface area contributed by atoms with Crippen LogP contribution in [0.1, 0.15) is 20.8 Å². The van der Waals surface area contributed by atoms with Crippen LogP contribution in [-0.2, 0) is 9.53 Å². The minimum Gasteiger partial charge on any atom is -0.486 e. The Bertz CT molecular complexity index is 501. The highest BCUT2D eigenvalue weighted by Crippen LogP contribution is 2.31. The van der Waals surface area contributed by atoms with Crippen LogP contribution in [0, 0.1) is 0 Å². The average Bonchev–Trinajstić information content (AvgIpc) is 2.51. The first-order chi connectivity index (χ1) is 9.97. The Morgan fingerprint density at radius 3 is 2.67 bits per heavy atom. The van der Waals surface area contributed by atoms with E-state index in [4.69, 9.17) is 14.2 Å². The average molecular weight is 293 g/mol. The van der Waals surface area contributed by atoms with Gasteiger partial charge >= 0.3 is 0 Å². The summed E-state index contributed by atoms with van der Waals surface area (Å²) in [6.45, 7) is 7.01. The first-order valence-electron chi connectivity index (χ1n) is 7.21. The van der Waals surface area contributed by atoms with Crippen molar-refractivity contribution in [3.63, 3.8) is 0 Å². The molecule has 1 atom stereocenters. The van der Waals surface area contributed by atoms with E-state index in [1.807, 2.05) is 31.2 Å². The molecule has 0 N–H and O–H groups in total. The lowest BCUT2D eigenvalue weighted by atomic mass is 10.1. The third-order valence-corrected chi connectivity index (χ3v) is 3.69. The van der Waals surface area contributed by atoms with Crippen LogP contribution in [0.2, 0.25) is 0 Å². The Hall–Kier alpha value is -1.75. The molecular weight excluding hydrogens is 270 g/mol. The third-order valence-electron chi connectivity index (χ3n) is 3.69. The Morgan fingerprint density at radius 1 is 1.38 bits per heavy atom. The lowest BCUT2D eigenvalue weighted by Gasteiger charge is -2.34. The number of para-hydroxylation sites is 2. The molecule has 0 bridgehead atoms. The normalized spacial score (nSPS) is 17.4. The fraction of sp³-hybridized carbons (Fsp3) is 0.562. The second-order valence-electron chi connectivity index (χ2n) is 5.56. The summed E-state index contributed by atoms with van der Waals surface area (Å²) in [5.41, 5.74) is -0.830. The number of likely N-dealkylation sites (N-methyl/N-ethyl adjacent to an activating group) is 1. The second kappa shape index (κ2) is 6.35. The maximum absolute atomic E-state index is 12.5. The number of methoxy groups -OCH3 is 1. The van der Waals surface area contributed by atoms with Crippen molar-refractivity contribution in [3.05, 3.63) is 24.3 Å². The molecule has 1 amide bonds. The number of rotatable bonds is 5. The summed E-state index contributed by atoms with van der Waals surface area (Å²) in [6.07, 6.45) is -0.170. The van der Waals surface area contributed by atoms with Crippen LogP contribution in [0.15, 0.2) is 24.3 Å². The van der Waals surface area contributed by atoms with E-state index >= 15 is 0 Å². The van der Waals surface area contributed by atoms with Gasteiger partial charge in [-0.3, -0.25) is 4.79 Å². The van der Waals surface area contributed by atoms with Crippen LogP contribution >= 0.6 is 0 Å². The summed E-state index contributed by atoms with van der Waals surface area (Å²) >= 11 is 0. The standard InChI is InChI=1S/C16H23NO4/c1-5-17(15(18)16(2,3)19-4)10-12-11-20-13-8-6-7-9-14(13)21-12/h6-9,12H,5,10-11H2,1-4H3. The van der Waals surface area contributed by atoms with E-state index in [-0.39, 0.29) is 12.0 Å². The number of carbonyl (C=O) groups excluding carboxylic acids is 1. The van der Waals surface area contributed by atoms with Gasteiger partial charge in [0, 0.05) is 13.7 Å². The predicted molar refractivity (Wildman–Crippen MR) is 79.7 cm³/mol. The molecular formula is C16H23NO4. The van der Waals surface area contributed by atoms with Gasteiger partial charge in [-0.25, -0.2) is 0 Å². The number of benzene rings is 1. The molecule has 1 aliphatic rings. The molecule has 0 spiro atoms. The minimum absolute atomic E-state index is 0.0463. The number of carbonyl (C=O) groups is 1. The van der Waals surface area contributed by atoms with Crippen LogP contribution in [0.3, 0.4) is 0 Å². The van der Waals surface area contributed by atoms with Gasteiger partial charge in [-0.05, 0) is 32.9 Å². The summed E-state index contributed by atoms with van der Waals surface area (Å²) in [5.74, 6) is 1.43. The predicted octanol–water partition coefficient (Wildman–Crippen LogP) is 2.10. The first-order valence-corrected chi connectivity index (χ1v) is 7.21. The fourth-order valence-corrected chi connectivity index (χ4v) is 2.22. The van der Waals surface area contributed by atoms with Crippen LogP contribution in [0.25, 0.3) is 0 Å². The highest BCUT2D eigenvalue weighted by atomic mass is 16.6. The largest absolute Gasteiger partial charge is 0.486 e. The number of ether oxygens (including phenoxy) is 3. The molecule has 1 aromatic rings. The van der Waals surface area contributed by atoms with E-state index in [9.17, 15) is 4.79 Å². The second-order valence-corrected chi connectivity index (χ2v) is 5.56. The van der Waals surface area contributed by atoms with Gasteiger partial charge in [0.1, 0.15) is 12.2 Å². The lowest BCUT2D eigenvalue weighted by molar-refractivity contribution is -0.152. The summed E-state index contributed by atoms with van der Waals surface area (Å²) in [5, 5.41) is 0. The van der Waals surface area contributed by atoms with Crippen LogP contribution < -0.4 is 9.47 Å². The van der Waals surface area contributed by atoms with Crippen LogP contribution in [-0.4, -0.2) is 49.3 Å². The SMILES string of the molecule is CCN(CC1COc2ccccc2O1)C(=O)C(C)(C)OC. The molecule has 5 heteroatoms. The molecule has 0 saturated carbocycles. The Morgan fingerprint density at radius 2 is 2.05 bits per heavy atom. The van der Waals surface area contributed by atoms with Crippen molar-refractivity contribution in [2.45, 2.75) is 32.5 Å². The van der Waals surface area contributed by atoms with Gasteiger partial charge in [0.25, 0.3) is 5.91 Å². The molecule has 21 heavy (non-hydrogen) atoms. The molecule has 0 aliphatic carbocycles. The molecule has 0 saturated heterocycles. The molecule has 5 nitrogen and oxygen atoms in total. The van der Waals surface area contributed by atoms with E-state index in [1.54, 1.807) is 25.9 Å². The Labute approximate surface area is 125 Å². The molecule has 1 aromatic carbocycles. The van der Waals surface area contributed by atoms with Crippen molar-refractivity contribution in [1.82, 2.24) is 4.90 Å². The van der Waals surface area contributed by atoms with Crippen molar-refractivity contribution in [3.8, 4) is 11.5 Å². The van der Waals surface area contributed by atoms with Crippen molar-refractivity contribution >= 4 is 5.91 Å². The number of hydrogen-bond donors (Lipinski definition) is 0. The van der Waals surface area contributed by atoms with E-state index < -0.39 is 5.60 Å². The molecule has 0 aromatic heterocycles. The topological polar surface area (TPSA) is 48.0 Å². The zero-order valence-electron chi connectivity index (χ0n) is 13.1. The molecule has 1 heterocycles. The van der Waals surface area contributed by atoms with E-state index in [0.717, 1.165) is 11.5 Å². The van der Waals surface area contributed by atoms with Crippen LogP contribution in [0.4, 0.5) is 0 Å². The fourth-order valence-electron chi connectivity index (χ4n) is 2.22. The van der Waals surface area contributed by atoms with Crippen molar-refractivity contribution < 1.29 is 19.0 Å². The van der Waals surface area contributed by atoms with Gasteiger partial charge in [-0.15, -0.1) is 0 Å². The van der Waals surface area contributed by atoms with Gasteiger partial charge in [-0.1, -0.05) is 12.1 Å². The zero-order chi connectivity index (χ0) is 15.5. The van der Waals surface area contributed by atoms with Crippen molar-refractivity contribution in [2.24, 2.45) is 0 Å². The lowest BCUT2D eigenvalue weighted by Crippen LogP contribution is -2.51. The number of hydrogen-bond acceptors (Lipinski definition) is 4. The summed E-state index contributed by atoms with van der Waals surface area (Å²) in [7, 11) is 1.54. The molecule has 1 unspecified atom stereocenters. The number of fused-ring (bicyclic) bond motifs is 1. The maximum atomic E-state index is 12.5. The monoisotopic (exact) mass is 293 g/mol. The van der Waals surface area contributed by atoms with Gasteiger partial charge in [0.2, 0.25) is 0 Å². The van der Waals surface area contributed by atoms with Gasteiger partial charge in [0.05, 0.1) is 6.54 Å². The zero-order valence-corrected chi connectivity index (χ0v) is 13.1. The molecule has 1 aliphatic heterocycles. The summed E-state index contributed by atoms with van der Waals surface area (Å²) in [6, 6.07) is 7.56. The van der Waals surface area contributed by atoms with Gasteiger partial charge in [-0.2, -0.15) is 0 Å². The van der Waals surface area contributed by atoms with E-state index in [2.05, 4.69) is 0 Å². The summed E-state index contributed by atoms with van der Waals surface area (Å²) in [4.78, 5) is 14.2. The van der Waals surface area contributed by atoms with E-state index in [1.165, 1.54) is 0 Å². The van der Waals surface area contributed by atoms with Gasteiger partial charge in [0.15, 0.2) is 17.6 Å². The maximum Gasteiger partial charge on any atom is 0.254 e. The first kappa shape index (κ1) is 15.6. The quantitative estimate of drug-likeness (QED) is 0.834. The molecule has 2 rings (SSSR count). The van der Waals surface area contributed by atoms with Crippen LogP contribution in [0.5, 0.6) is 11.5 Å². The molecule has 0 radical (unpaired) electrons. The minimum atomic E-state index is -0.830. The summed E-state index contributed by atoms with van der Waals surface area (Å²) < 4.78 is 16.8. The third kappa shape index (κ3) is 3.47. The highest BCUT2D eigenvalue weighted by Gasteiger charge is 2.33. The van der Waals surface area contributed by atoms with Gasteiger partial charge < -0.3 is 19.1 Å². The van der Waals surface area contributed by atoms with Crippen molar-refractivity contribution in [1.29, 1.82) is 0 Å². The Balaban J connectivity index is 2.02. The number of amides is 1. The highest BCUT2D eigenvalue weighted by molar-refractivity contribution is 5.84. The Kier molecular flexibility index (Phi) is 4.73. The van der Waals surface area contributed by atoms with Crippen molar-refractivity contribution in [2.75, 3.05) is 26.8 Å². The smallest absolute Gasteiger partial charge is 0.254 e. The van der Waals surface area contributed by atoms with E-state index in [0.29, 0.717) is 19.7 Å². The molecule has 116 valence electrons. The molecule has 0 fully saturated rings. The number of nitrogens with zero attached hydrogens (tertiary/aromatic N) is 1.